The molecule has 4 rings (SSSR count). The van der Waals surface area contributed by atoms with Crippen LogP contribution in [0.4, 0.5) is 13.2 Å². The van der Waals surface area contributed by atoms with Gasteiger partial charge in [-0.05, 0) is 71.1 Å². The molecule has 1 saturated heterocycles. The fraction of sp³-hybridized carbons (Fsp3) is 0.467. The summed E-state index contributed by atoms with van der Waals surface area (Å²) in [6.45, 7) is 9.58. The van der Waals surface area contributed by atoms with Crippen LogP contribution in [0.1, 0.15) is 61.9 Å². The summed E-state index contributed by atoms with van der Waals surface area (Å²) in [5, 5.41) is 0. The fourth-order valence-electron chi connectivity index (χ4n) is 5.10. The largest absolute Gasteiger partial charge is 0.421 e. The Morgan fingerprint density at radius 3 is 2.08 bits per heavy atom. The summed E-state index contributed by atoms with van der Waals surface area (Å²) in [4.78, 5) is 25.9. The molecule has 204 valence electrons. The minimum absolute atomic E-state index is 0.0295. The van der Waals surface area contributed by atoms with Crippen molar-refractivity contribution in [2.24, 2.45) is 11.8 Å². The molecule has 2 aromatic carbocycles. The number of carbonyl (C=O) groups excluding carboxylic acids is 2. The Labute approximate surface area is 221 Å². The van der Waals surface area contributed by atoms with Gasteiger partial charge in [0.2, 0.25) is 0 Å². The molecular weight excluding hydrogens is 495 g/mol. The van der Waals surface area contributed by atoms with E-state index in [1.54, 1.807) is 4.90 Å². The van der Waals surface area contributed by atoms with Gasteiger partial charge in [-0.2, -0.15) is 13.2 Å². The molecule has 2 aliphatic heterocycles. The van der Waals surface area contributed by atoms with Crippen LogP contribution in [0.2, 0.25) is 0 Å². The van der Waals surface area contributed by atoms with Crippen molar-refractivity contribution >= 4 is 17.5 Å². The molecule has 0 amide bonds. The van der Waals surface area contributed by atoms with Crippen molar-refractivity contribution in [3.8, 4) is 0 Å². The fourth-order valence-corrected chi connectivity index (χ4v) is 5.10. The summed E-state index contributed by atoms with van der Waals surface area (Å²) in [6, 6.07) is 11.3. The molecule has 38 heavy (non-hydrogen) atoms. The Hall–Kier alpha value is -3.13. The van der Waals surface area contributed by atoms with Crippen molar-refractivity contribution in [2.75, 3.05) is 13.1 Å². The molecule has 0 bridgehead atoms. The number of nitrogens with zero attached hydrogens (tertiary/aromatic N) is 1. The lowest BCUT2D eigenvalue weighted by molar-refractivity contribution is -0.246. The number of rotatable bonds is 8. The highest BCUT2D eigenvalue weighted by Gasteiger charge is 2.54. The van der Waals surface area contributed by atoms with Crippen LogP contribution in [-0.2, 0) is 44.5 Å². The highest BCUT2D eigenvalue weighted by Crippen LogP contribution is 2.40. The molecular formula is C30H34F3NO4. The molecule has 8 heteroatoms. The predicted molar refractivity (Wildman–Crippen MR) is 138 cm³/mol. The van der Waals surface area contributed by atoms with Crippen LogP contribution < -0.4 is 0 Å². The van der Waals surface area contributed by atoms with E-state index >= 15 is 0 Å². The van der Waals surface area contributed by atoms with Gasteiger partial charge in [-0.25, -0.2) is 14.5 Å². The van der Waals surface area contributed by atoms with Crippen LogP contribution in [0.3, 0.4) is 0 Å². The summed E-state index contributed by atoms with van der Waals surface area (Å²) in [5.41, 5.74) is 4.28. The lowest BCUT2D eigenvalue weighted by Gasteiger charge is -2.40. The Kier molecular flexibility index (Phi) is 8.02. The second-order valence-electron chi connectivity index (χ2n) is 11.0. The Bertz CT molecular complexity index is 1200. The first kappa shape index (κ1) is 27.9. The zero-order chi connectivity index (χ0) is 27.7. The van der Waals surface area contributed by atoms with E-state index in [9.17, 15) is 22.8 Å². The molecule has 5 nitrogen and oxygen atoms in total. The number of esters is 2. The van der Waals surface area contributed by atoms with Crippen molar-refractivity contribution in [3.05, 3.63) is 76.4 Å². The number of benzene rings is 2. The summed E-state index contributed by atoms with van der Waals surface area (Å²) >= 11 is 0. The average molecular weight is 530 g/mol. The van der Waals surface area contributed by atoms with Crippen LogP contribution in [-0.4, -0.2) is 35.8 Å². The highest BCUT2D eigenvalue weighted by atomic mass is 19.4. The first-order valence-corrected chi connectivity index (χ1v) is 13.0. The summed E-state index contributed by atoms with van der Waals surface area (Å²) < 4.78 is 49.9. The molecule has 0 radical (unpaired) electrons. The zero-order valence-electron chi connectivity index (χ0n) is 22.2. The highest BCUT2D eigenvalue weighted by molar-refractivity contribution is 6.31. The molecule has 1 spiro atoms. The molecule has 0 unspecified atom stereocenters. The zero-order valence-corrected chi connectivity index (χ0v) is 22.2. The number of ether oxygens (including phenoxy) is 2. The van der Waals surface area contributed by atoms with Gasteiger partial charge >= 0.3 is 24.0 Å². The molecule has 1 fully saturated rings. The number of hydrogen-bond donors (Lipinski definition) is 0. The van der Waals surface area contributed by atoms with E-state index in [0.29, 0.717) is 42.5 Å². The third kappa shape index (κ3) is 6.29. The normalized spacial score (nSPS) is 17.8. The first-order valence-electron chi connectivity index (χ1n) is 13.0. The van der Waals surface area contributed by atoms with Gasteiger partial charge in [0.25, 0.3) is 0 Å². The number of carbonyl (C=O) groups is 2. The number of halogens is 3. The van der Waals surface area contributed by atoms with Gasteiger partial charge in [0.05, 0.1) is 12.0 Å². The van der Waals surface area contributed by atoms with E-state index < -0.39 is 29.6 Å². The molecule has 0 saturated carbocycles. The van der Waals surface area contributed by atoms with Crippen LogP contribution in [0.5, 0.6) is 0 Å². The van der Waals surface area contributed by atoms with Gasteiger partial charge in [-0.15, -0.1) is 0 Å². The van der Waals surface area contributed by atoms with E-state index in [1.807, 2.05) is 6.08 Å². The summed E-state index contributed by atoms with van der Waals surface area (Å²) in [6.07, 6.45) is 0.119. The van der Waals surface area contributed by atoms with Crippen molar-refractivity contribution in [3.63, 3.8) is 0 Å². The van der Waals surface area contributed by atoms with Crippen LogP contribution >= 0.6 is 0 Å². The third-order valence-corrected chi connectivity index (χ3v) is 6.91. The Morgan fingerprint density at radius 1 is 0.895 bits per heavy atom. The average Bonchev–Trinajstić information content (AvgIpc) is 3.11. The van der Waals surface area contributed by atoms with Gasteiger partial charge in [0.1, 0.15) is 0 Å². The van der Waals surface area contributed by atoms with E-state index in [4.69, 9.17) is 9.47 Å². The monoisotopic (exact) mass is 529 g/mol. The lowest BCUT2D eigenvalue weighted by atomic mass is 9.90. The lowest BCUT2D eigenvalue weighted by Crippen LogP contribution is -2.53. The van der Waals surface area contributed by atoms with E-state index in [2.05, 4.69) is 45.9 Å². The van der Waals surface area contributed by atoms with Gasteiger partial charge in [-0.1, -0.05) is 64.1 Å². The predicted octanol–water partition coefficient (Wildman–Crippen LogP) is 6.19. The Morgan fingerprint density at radius 2 is 1.50 bits per heavy atom. The minimum atomic E-state index is -4.43. The van der Waals surface area contributed by atoms with Crippen LogP contribution in [0, 0.1) is 11.8 Å². The van der Waals surface area contributed by atoms with Crippen LogP contribution in [0.15, 0.2) is 48.5 Å². The van der Waals surface area contributed by atoms with Crippen molar-refractivity contribution in [1.82, 2.24) is 4.90 Å². The molecule has 0 atom stereocenters. The quantitative estimate of drug-likeness (QED) is 0.302. The van der Waals surface area contributed by atoms with Crippen LogP contribution in [0.25, 0.3) is 5.57 Å². The Balaban J connectivity index is 1.55. The van der Waals surface area contributed by atoms with Crippen molar-refractivity contribution in [1.29, 1.82) is 0 Å². The summed E-state index contributed by atoms with van der Waals surface area (Å²) in [7, 11) is 0. The standard InChI is InChI=1S/C30H34F3NO4/c1-19(2)15-23-6-5-21(17-25(23)16-20(3)4)11-13-34-14-12-24(18-29(34)37-27(35)28(36)38-29)22-7-9-26(10-8-22)30(31,32)33/h5-10,12,17,19-20H,11,13-16,18H2,1-4H3. The third-order valence-electron chi connectivity index (χ3n) is 6.91. The maximum atomic E-state index is 13.0. The topological polar surface area (TPSA) is 55.8 Å². The SMILES string of the molecule is CC(C)Cc1ccc(CCN2CC=C(c3ccc(C(F)(F)F)cc3)CC23OC(=O)C(=O)O3)cc1CC(C)C. The van der Waals surface area contributed by atoms with E-state index in [-0.39, 0.29) is 6.42 Å². The van der Waals surface area contributed by atoms with Crippen molar-refractivity contribution < 1.29 is 32.2 Å². The van der Waals surface area contributed by atoms with E-state index in [1.165, 1.54) is 23.3 Å². The summed E-state index contributed by atoms with van der Waals surface area (Å²) in [5.74, 6) is -2.67. The second-order valence-corrected chi connectivity index (χ2v) is 11.0. The second kappa shape index (κ2) is 10.9. The molecule has 2 heterocycles. The maximum absolute atomic E-state index is 13.0. The first-order chi connectivity index (χ1) is 17.9. The van der Waals surface area contributed by atoms with Crippen molar-refractivity contribution in [2.45, 2.75) is 65.5 Å². The number of alkyl halides is 3. The molecule has 0 N–H and O–H groups in total. The maximum Gasteiger partial charge on any atom is 0.421 e. The van der Waals surface area contributed by atoms with Gasteiger partial charge in [0, 0.05) is 13.1 Å². The van der Waals surface area contributed by atoms with Gasteiger partial charge < -0.3 is 9.47 Å². The number of hydrogen-bond acceptors (Lipinski definition) is 5. The molecule has 2 aliphatic rings. The smallest absolute Gasteiger partial charge is 0.399 e. The molecule has 0 aliphatic carbocycles. The van der Waals surface area contributed by atoms with Gasteiger partial charge in [0.15, 0.2) is 0 Å². The van der Waals surface area contributed by atoms with Gasteiger partial charge in [-0.3, -0.25) is 0 Å². The molecule has 2 aromatic rings. The minimum Gasteiger partial charge on any atom is -0.399 e. The molecule has 0 aromatic heterocycles. The van der Waals surface area contributed by atoms with E-state index in [0.717, 1.165) is 30.5 Å².